The topological polar surface area (TPSA) is 102 Å². The van der Waals surface area contributed by atoms with Gasteiger partial charge in [-0.05, 0) is 24.3 Å². The van der Waals surface area contributed by atoms with Gasteiger partial charge in [0.15, 0.2) is 23.0 Å². The summed E-state index contributed by atoms with van der Waals surface area (Å²) in [7, 11) is 0. The molecule has 8 heteroatoms. The van der Waals surface area contributed by atoms with Crippen molar-refractivity contribution in [3.8, 4) is 22.8 Å². The number of carbonyl (C=O) groups is 1. The number of nitrogens with zero attached hydrogens (tertiary/aromatic N) is 2. The number of nitrogens with one attached hydrogen (secondary N) is 2. The molecule has 2 aromatic heterocycles. The Labute approximate surface area is 165 Å². The van der Waals surface area contributed by atoms with Gasteiger partial charge in [-0.25, -0.2) is 0 Å². The molecular formula is C21H18N4O4. The normalized spacial score (nSPS) is 13.2. The van der Waals surface area contributed by atoms with Gasteiger partial charge in [-0.15, -0.1) is 0 Å². The summed E-state index contributed by atoms with van der Waals surface area (Å²) in [5.74, 6) is 1.58. The summed E-state index contributed by atoms with van der Waals surface area (Å²) >= 11 is 0. The SMILES string of the molecule is O=C(NCc1cccc2c1OCCCO2)c1cc(-c2ccc3[nH]ncc3c2)on1. The largest absolute Gasteiger partial charge is 0.490 e. The van der Waals surface area contributed by atoms with Crippen LogP contribution < -0.4 is 14.8 Å². The fraction of sp³-hybridized carbons (Fsp3) is 0.190. The lowest BCUT2D eigenvalue weighted by Crippen LogP contribution is -2.23. The van der Waals surface area contributed by atoms with Crippen LogP contribution in [0.2, 0.25) is 0 Å². The summed E-state index contributed by atoms with van der Waals surface area (Å²) in [6, 6.07) is 13.0. The van der Waals surface area contributed by atoms with E-state index < -0.39 is 0 Å². The number of carbonyl (C=O) groups excluding carboxylic acids is 1. The number of para-hydroxylation sites is 1. The van der Waals surface area contributed by atoms with Gasteiger partial charge >= 0.3 is 0 Å². The van der Waals surface area contributed by atoms with Gasteiger partial charge in [-0.1, -0.05) is 17.3 Å². The summed E-state index contributed by atoms with van der Waals surface area (Å²) in [6.45, 7) is 1.51. The van der Waals surface area contributed by atoms with E-state index in [1.54, 1.807) is 12.3 Å². The molecule has 8 nitrogen and oxygen atoms in total. The summed E-state index contributed by atoms with van der Waals surface area (Å²) in [4.78, 5) is 12.5. The molecule has 0 bridgehead atoms. The third-order valence-corrected chi connectivity index (χ3v) is 4.76. The van der Waals surface area contributed by atoms with Crippen molar-refractivity contribution in [3.63, 3.8) is 0 Å². The van der Waals surface area contributed by atoms with E-state index in [1.165, 1.54) is 0 Å². The van der Waals surface area contributed by atoms with Crippen molar-refractivity contribution in [2.45, 2.75) is 13.0 Å². The average molecular weight is 390 g/mol. The first-order chi connectivity index (χ1) is 14.3. The second-order valence-corrected chi connectivity index (χ2v) is 6.73. The quantitative estimate of drug-likeness (QED) is 0.554. The van der Waals surface area contributed by atoms with E-state index in [0.717, 1.165) is 28.5 Å². The van der Waals surface area contributed by atoms with Gasteiger partial charge in [0.05, 0.1) is 24.9 Å². The number of hydrogen-bond donors (Lipinski definition) is 2. The molecule has 0 saturated heterocycles. The van der Waals surface area contributed by atoms with Crippen molar-refractivity contribution < 1.29 is 18.8 Å². The standard InChI is InChI=1S/C21H18N4O4/c26-21(22-11-14-3-1-4-18-20(14)28-8-2-7-27-18)17-10-19(29-25-17)13-5-6-16-15(9-13)12-23-24-16/h1,3-6,9-10,12H,2,7-8,11H2,(H,22,26)(H,23,24). The Balaban J connectivity index is 1.31. The highest BCUT2D eigenvalue weighted by molar-refractivity contribution is 5.93. The lowest BCUT2D eigenvalue weighted by atomic mass is 10.1. The zero-order valence-electron chi connectivity index (χ0n) is 15.5. The Kier molecular flexibility index (Phi) is 4.36. The predicted molar refractivity (Wildman–Crippen MR) is 105 cm³/mol. The molecule has 2 aromatic carbocycles. The fourth-order valence-corrected chi connectivity index (χ4v) is 3.27. The third-order valence-electron chi connectivity index (χ3n) is 4.76. The number of aromatic nitrogens is 3. The maximum Gasteiger partial charge on any atom is 0.273 e. The van der Waals surface area contributed by atoms with Crippen LogP contribution in [0, 0.1) is 0 Å². The van der Waals surface area contributed by atoms with Crippen LogP contribution in [0.25, 0.3) is 22.2 Å². The maximum absolute atomic E-state index is 12.5. The minimum absolute atomic E-state index is 0.214. The van der Waals surface area contributed by atoms with Crippen molar-refractivity contribution in [3.05, 3.63) is 59.9 Å². The lowest BCUT2D eigenvalue weighted by molar-refractivity contribution is 0.0941. The Morgan fingerprint density at radius 2 is 2.07 bits per heavy atom. The number of ether oxygens (including phenoxy) is 2. The molecule has 4 aromatic rings. The number of rotatable bonds is 4. The maximum atomic E-state index is 12.5. The van der Waals surface area contributed by atoms with E-state index in [9.17, 15) is 4.79 Å². The Morgan fingerprint density at radius 1 is 1.14 bits per heavy atom. The second kappa shape index (κ2) is 7.31. The van der Waals surface area contributed by atoms with Crippen molar-refractivity contribution in [1.29, 1.82) is 0 Å². The van der Waals surface area contributed by atoms with Crippen LogP contribution in [-0.2, 0) is 6.54 Å². The smallest absolute Gasteiger partial charge is 0.273 e. The highest BCUT2D eigenvalue weighted by Crippen LogP contribution is 2.33. The van der Waals surface area contributed by atoms with E-state index in [4.69, 9.17) is 14.0 Å². The predicted octanol–water partition coefficient (Wildman–Crippen LogP) is 3.31. The molecule has 0 unspecified atom stereocenters. The molecular weight excluding hydrogens is 372 g/mol. The van der Waals surface area contributed by atoms with Crippen LogP contribution >= 0.6 is 0 Å². The van der Waals surface area contributed by atoms with Gasteiger partial charge in [-0.3, -0.25) is 9.89 Å². The van der Waals surface area contributed by atoms with E-state index in [2.05, 4.69) is 20.7 Å². The number of fused-ring (bicyclic) bond motifs is 2. The van der Waals surface area contributed by atoms with Crippen LogP contribution in [0.15, 0.2) is 53.2 Å². The van der Waals surface area contributed by atoms with Gasteiger partial charge in [0.2, 0.25) is 0 Å². The molecule has 1 amide bonds. The molecule has 0 spiro atoms. The van der Waals surface area contributed by atoms with Crippen LogP contribution in [0.5, 0.6) is 11.5 Å². The van der Waals surface area contributed by atoms with E-state index in [0.29, 0.717) is 37.0 Å². The van der Waals surface area contributed by atoms with Gasteiger partial charge in [0, 0.05) is 35.5 Å². The molecule has 5 rings (SSSR count). The minimum Gasteiger partial charge on any atom is -0.490 e. The van der Waals surface area contributed by atoms with Gasteiger partial charge in [0.25, 0.3) is 5.91 Å². The molecule has 0 atom stereocenters. The number of hydrogen-bond acceptors (Lipinski definition) is 6. The molecule has 0 fully saturated rings. The summed E-state index contributed by atoms with van der Waals surface area (Å²) in [5.41, 5.74) is 2.82. The third kappa shape index (κ3) is 3.40. The highest BCUT2D eigenvalue weighted by atomic mass is 16.5. The Bertz CT molecular complexity index is 1180. The summed E-state index contributed by atoms with van der Waals surface area (Å²) in [5, 5.41) is 14.6. The van der Waals surface area contributed by atoms with E-state index >= 15 is 0 Å². The molecule has 0 radical (unpaired) electrons. The first kappa shape index (κ1) is 17.3. The zero-order chi connectivity index (χ0) is 19.6. The van der Waals surface area contributed by atoms with Crippen molar-refractivity contribution in [2.75, 3.05) is 13.2 Å². The Morgan fingerprint density at radius 3 is 3.03 bits per heavy atom. The molecule has 29 heavy (non-hydrogen) atoms. The lowest BCUT2D eigenvalue weighted by Gasteiger charge is -2.12. The van der Waals surface area contributed by atoms with Crippen molar-refractivity contribution in [2.24, 2.45) is 0 Å². The van der Waals surface area contributed by atoms with Crippen LogP contribution in [0.4, 0.5) is 0 Å². The van der Waals surface area contributed by atoms with Crippen LogP contribution in [0.1, 0.15) is 22.5 Å². The second-order valence-electron chi connectivity index (χ2n) is 6.73. The first-order valence-corrected chi connectivity index (χ1v) is 9.34. The summed E-state index contributed by atoms with van der Waals surface area (Å²) in [6.07, 6.45) is 2.56. The monoisotopic (exact) mass is 390 g/mol. The highest BCUT2D eigenvalue weighted by Gasteiger charge is 2.17. The zero-order valence-corrected chi connectivity index (χ0v) is 15.5. The van der Waals surface area contributed by atoms with Gasteiger partial charge < -0.3 is 19.3 Å². The van der Waals surface area contributed by atoms with Crippen LogP contribution in [-0.4, -0.2) is 34.5 Å². The van der Waals surface area contributed by atoms with Crippen molar-refractivity contribution >= 4 is 16.8 Å². The fourth-order valence-electron chi connectivity index (χ4n) is 3.27. The molecule has 146 valence electrons. The van der Waals surface area contributed by atoms with E-state index in [1.807, 2.05) is 36.4 Å². The minimum atomic E-state index is -0.323. The molecule has 3 heterocycles. The number of amides is 1. The number of benzene rings is 2. The molecule has 1 aliphatic heterocycles. The molecule has 2 N–H and O–H groups in total. The molecule has 0 saturated carbocycles. The Hall–Kier alpha value is -3.81. The van der Waals surface area contributed by atoms with Gasteiger partial charge in [0.1, 0.15) is 0 Å². The average Bonchev–Trinajstić information content (AvgIpc) is 3.36. The van der Waals surface area contributed by atoms with Crippen molar-refractivity contribution in [1.82, 2.24) is 20.7 Å². The summed E-state index contributed by atoms with van der Waals surface area (Å²) < 4.78 is 16.8. The molecule has 0 aliphatic carbocycles. The van der Waals surface area contributed by atoms with E-state index in [-0.39, 0.29) is 11.6 Å². The number of H-pyrrole nitrogens is 1. The number of aromatic amines is 1. The van der Waals surface area contributed by atoms with Gasteiger partial charge in [-0.2, -0.15) is 5.10 Å². The molecule has 1 aliphatic rings. The first-order valence-electron chi connectivity index (χ1n) is 9.34. The van der Waals surface area contributed by atoms with Crippen LogP contribution in [0.3, 0.4) is 0 Å².